The molecular formula is C18H33N5O2. The summed E-state index contributed by atoms with van der Waals surface area (Å²) in [6.07, 6.45) is 7.81. The van der Waals surface area contributed by atoms with Gasteiger partial charge in [0.2, 0.25) is 11.8 Å². The smallest absolute Gasteiger partial charge is 0.247 e. The van der Waals surface area contributed by atoms with Gasteiger partial charge >= 0.3 is 0 Å². The van der Waals surface area contributed by atoms with Crippen molar-refractivity contribution in [3.05, 3.63) is 11.9 Å². The minimum atomic E-state index is -0.523. The topological polar surface area (TPSA) is 105 Å². The van der Waals surface area contributed by atoms with Crippen molar-refractivity contribution in [2.75, 3.05) is 13.6 Å². The lowest BCUT2D eigenvalue weighted by Gasteiger charge is -2.34. The molecule has 0 spiro atoms. The van der Waals surface area contributed by atoms with Gasteiger partial charge in [0, 0.05) is 25.5 Å². The fourth-order valence-electron chi connectivity index (χ4n) is 4.01. The van der Waals surface area contributed by atoms with Crippen molar-refractivity contribution in [3.63, 3.8) is 0 Å². The lowest BCUT2D eigenvalue weighted by Crippen LogP contribution is -2.55. The van der Waals surface area contributed by atoms with Gasteiger partial charge in [-0.05, 0) is 37.5 Å². The fourth-order valence-corrected chi connectivity index (χ4v) is 4.01. The maximum absolute atomic E-state index is 13.1. The summed E-state index contributed by atoms with van der Waals surface area (Å²) >= 11 is 0. The molecule has 0 bridgehead atoms. The highest BCUT2D eigenvalue weighted by molar-refractivity contribution is 5.90. The van der Waals surface area contributed by atoms with Crippen molar-refractivity contribution in [3.8, 4) is 0 Å². The Hall–Kier alpha value is -1.76. The van der Waals surface area contributed by atoms with Crippen molar-refractivity contribution in [1.29, 1.82) is 0 Å². The number of nitrogens with two attached hydrogens (primary N) is 2. The number of hydrogen-bond donors (Lipinski definition) is 3. The molecule has 2 fully saturated rings. The predicted molar refractivity (Wildman–Crippen MR) is 97.7 cm³/mol. The number of amides is 2. The molecule has 1 saturated heterocycles. The standard InChI is InChI=1S/C18H33N5O2/c1-12(2)16(23(20)11-14(19)13-7-4-5-8-13)18(25)22-10-6-9-15(22)17(24)21-3/h11-13,15-16H,4-10,19-20H2,1-3H3,(H,21,24)/b14-11-. The highest BCUT2D eigenvalue weighted by Gasteiger charge is 2.39. The van der Waals surface area contributed by atoms with Gasteiger partial charge in [0.1, 0.15) is 12.1 Å². The van der Waals surface area contributed by atoms with Crippen LogP contribution in [-0.2, 0) is 9.59 Å². The molecule has 1 aliphatic carbocycles. The van der Waals surface area contributed by atoms with E-state index in [4.69, 9.17) is 11.6 Å². The number of hydrazine groups is 1. The number of carbonyl (C=O) groups is 2. The third kappa shape index (κ3) is 4.45. The van der Waals surface area contributed by atoms with E-state index in [1.165, 1.54) is 17.9 Å². The molecular weight excluding hydrogens is 318 g/mol. The molecule has 7 nitrogen and oxygen atoms in total. The van der Waals surface area contributed by atoms with E-state index < -0.39 is 12.1 Å². The van der Waals surface area contributed by atoms with Crippen LogP contribution in [0.1, 0.15) is 52.4 Å². The maximum Gasteiger partial charge on any atom is 0.247 e. The lowest BCUT2D eigenvalue weighted by atomic mass is 10.0. The Bertz CT molecular complexity index is 514. The number of carbonyl (C=O) groups excluding carboxylic acids is 2. The van der Waals surface area contributed by atoms with Crippen LogP contribution in [0.4, 0.5) is 0 Å². The van der Waals surface area contributed by atoms with Gasteiger partial charge in [0.25, 0.3) is 0 Å². The first kappa shape index (κ1) is 19.6. The Morgan fingerprint density at radius 1 is 1.20 bits per heavy atom. The van der Waals surface area contributed by atoms with E-state index in [0.29, 0.717) is 18.9 Å². The van der Waals surface area contributed by atoms with Crippen molar-refractivity contribution >= 4 is 11.8 Å². The SMILES string of the molecule is CNC(=O)C1CCCN1C(=O)C(C(C)C)N(N)/C=C(\N)C1CCCC1. The van der Waals surface area contributed by atoms with Crippen LogP contribution in [0.25, 0.3) is 0 Å². The minimum absolute atomic E-state index is 0.0102. The summed E-state index contributed by atoms with van der Waals surface area (Å²) in [5, 5.41) is 4.11. The molecule has 0 aromatic carbocycles. The Morgan fingerprint density at radius 2 is 1.84 bits per heavy atom. The second kappa shape index (κ2) is 8.56. The lowest BCUT2D eigenvalue weighted by molar-refractivity contribution is -0.143. The highest BCUT2D eigenvalue weighted by Crippen LogP contribution is 2.29. The fraction of sp³-hybridized carbons (Fsp3) is 0.778. The maximum atomic E-state index is 13.1. The molecule has 2 unspecified atom stereocenters. The Labute approximate surface area is 150 Å². The van der Waals surface area contributed by atoms with E-state index in [0.717, 1.165) is 25.0 Å². The normalized spacial score (nSPS) is 23.2. The van der Waals surface area contributed by atoms with Gasteiger partial charge in [-0.15, -0.1) is 0 Å². The first-order chi connectivity index (χ1) is 11.9. The number of nitrogens with one attached hydrogen (secondary N) is 1. The summed E-state index contributed by atoms with van der Waals surface area (Å²) in [5.41, 5.74) is 6.97. The van der Waals surface area contributed by atoms with Crippen LogP contribution in [0.15, 0.2) is 11.9 Å². The summed E-state index contributed by atoms with van der Waals surface area (Å²) in [5.74, 6) is 6.40. The Morgan fingerprint density at radius 3 is 2.40 bits per heavy atom. The second-order valence-electron chi connectivity index (χ2n) is 7.55. The van der Waals surface area contributed by atoms with Gasteiger partial charge in [0.15, 0.2) is 0 Å². The number of allylic oxidation sites excluding steroid dienone is 1. The monoisotopic (exact) mass is 351 g/mol. The molecule has 7 heteroatoms. The summed E-state index contributed by atoms with van der Waals surface area (Å²) in [4.78, 5) is 26.8. The molecule has 0 aromatic rings. The van der Waals surface area contributed by atoms with Crippen LogP contribution in [0, 0.1) is 11.8 Å². The zero-order chi connectivity index (χ0) is 18.6. The number of nitrogens with zero attached hydrogens (tertiary/aromatic N) is 2. The number of hydrogen-bond acceptors (Lipinski definition) is 5. The molecule has 25 heavy (non-hydrogen) atoms. The second-order valence-corrected chi connectivity index (χ2v) is 7.55. The zero-order valence-electron chi connectivity index (χ0n) is 15.7. The first-order valence-electron chi connectivity index (χ1n) is 9.39. The zero-order valence-corrected chi connectivity index (χ0v) is 15.7. The summed E-state index contributed by atoms with van der Waals surface area (Å²) in [6, 6.07) is -0.923. The van der Waals surface area contributed by atoms with Gasteiger partial charge in [-0.3, -0.25) is 9.59 Å². The van der Waals surface area contributed by atoms with Crippen LogP contribution >= 0.6 is 0 Å². The third-order valence-corrected chi connectivity index (χ3v) is 5.42. The van der Waals surface area contributed by atoms with Gasteiger partial charge < -0.3 is 21.0 Å². The molecule has 1 heterocycles. The predicted octanol–water partition coefficient (Wildman–Crippen LogP) is 0.914. The van der Waals surface area contributed by atoms with Crippen LogP contribution in [-0.4, -0.2) is 47.4 Å². The number of likely N-dealkylation sites (N-methyl/N-ethyl adjacent to an activating group) is 1. The van der Waals surface area contributed by atoms with Crippen molar-refractivity contribution < 1.29 is 9.59 Å². The van der Waals surface area contributed by atoms with Crippen molar-refractivity contribution in [2.45, 2.75) is 64.5 Å². The molecule has 5 N–H and O–H groups in total. The van der Waals surface area contributed by atoms with Gasteiger partial charge in [-0.2, -0.15) is 0 Å². The van der Waals surface area contributed by atoms with E-state index in [1.807, 2.05) is 13.8 Å². The highest BCUT2D eigenvalue weighted by atomic mass is 16.2. The van der Waals surface area contributed by atoms with Crippen LogP contribution in [0.5, 0.6) is 0 Å². The first-order valence-corrected chi connectivity index (χ1v) is 9.39. The van der Waals surface area contributed by atoms with E-state index >= 15 is 0 Å². The molecule has 1 saturated carbocycles. The van der Waals surface area contributed by atoms with Crippen molar-refractivity contribution in [1.82, 2.24) is 15.2 Å². The molecule has 142 valence electrons. The largest absolute Gasteiger partial charge is 0.401 e. The van der Waals surface area contributed by atoms with Crippen LogP contribution in [0.2, 0.25) is 0 Å². The van der Waals surface area contributed by atoms with Gasteiger partial charge in [-0.25, -0.2) is 5.84 Å². The van der Waals surface area contributed by atoms with Crippen LogP contribution < -0.4 is 16.9 Å². The molecule has 1 aliphatic heterocycles. The van der Waals surface area contributed by atoms with Gasteiger partial charge in [0.05, 0.1) is 0 Å². The summed E-state index contributed by atoms with van der Waals surface area (Å²) < 4.78 is 0. The van der Waals surface area contributed by atoms with E-state index in [1.54, 1.807) is 18.1 Å². The average molecular weight is 351 g/mol. The van der Waals surface area contributed by atoms with E-state index in [2.05, 4.69) is 5.32 Å². The summed E-state index contributed by atoms with van der Waals surface area (Å²) in [6.45, 7) is 4.52. The average Bonchev–Trinajstić information content (AvgIpc) is 3.24. The molecule has 0 radical (unpaired) electrons. The molecule has 2 rings (SSSR count). The molecule has 0 aromatic heterocycles. The minimum Gasteiger partial charge on any atom is -0.401 e. The quantitative estimate of drug-likeness (QED) is 0.487. The molecule has 2 amide bonds. The van der Waals surface area contributed by atoms with Crippen LogP contribution in [0.3, 0.4) is 0 Å². The van der Waals surface area contributed by atoms with E-state index in [-0.39, 0.29) is 17.7 Å². The third-order valence-electron chi connectivity index (χ3n) is 5.42. The summed E-state index contributed by atoms with van der Waals surface area (Å²) in [7, 11) is 1.60. The van der Waals surface area contributed by atoms with E-state index in [9.17, 15) is 9.59 Å². The Balaban J connectivity index is 2.14. The molecule has 2 aliphatic rings. The van der Waals surface area contributed by atoms with Crippen molar-refractivity contribution in [2.24, 2.45) is 23.4 Å². The van der Waals surface area contributed by atoms with Gasteiger partial charge in [-0.1, -0.05) is 26.7 Å². The number of likely N-dealkylation sites (tertiary alicyclic amines) is 1. The number of rotatable bonds is 6. The molecule has 2 atom stereocenters. The Kier molecular flexibility index (Phi) is 6.70.